The molecule has 2 N–H and O–H groups in total. The minimum atomic E-state index is 0.517. The van der Waals surface area contributed by atoms with Gasteiger partial charge in [0.25, 0.3) is 0 Å². The van der Waals surface area contributed by atoms with Crippen molar-refractivity contribution < 1.29 is 0 Å². The summed E-state index contributed by atoms with van der Waals surface area (Å²) < 4.78 is 0. The number of aromatic nitrogens is 1. The molecule has 6 heteroatoms. The first kappa shape index (κ1) is 16.7. The molecule has 1 aromatic rings. The second-order valence-electron chi connectivity index (χ2n) is 6.68. The summed E-state index contributed by atoms with van der Waals surface area (Å²) in [4.78, 5) is 12.9. The third kappa shape index (κ3) is 4.44. The van der Waals surface area contributed by atoms with Crippen LogP contribution in [-0.2, 0) is 12.8 Å². The third-order valence-corrected chi connectivity index (χ3v) is 5.99. The van der Waals surface area contributed by atoms with Crippen LogP contribution in [0.2, 0.25) is 0 Å². The molecule has 0 radical (unpaired) electrons. The van der Waals surface area contributed by atoms with Crippen molar-refractivity contribution in [3.05, 3.63) is 16.1 Å². The van der Waals surface area contributed by atoms with Gasteiger partial charge in [-0.25, -0.2) is 4.98 Å². The first-order valence-electron chi connectivity index (χ1n) is 8.86. The highest BCUT2D eigenvalue weighted by Gasteiger charge is 2.38. The van der Waals surface area contributed by atoms with Crippen LogP contribution in [0.4, 0.5) is 0 Å². The molecule has 1 aliphatic heterocycles. The van der Waals surface area contributed by atoms with E-state index in [1.54, 1.807) is 0 Å². The zero-order valence-corrected chi connectivity index (χ0v) is 15.3. The molecule has 2 atom stereocenters. The Hall–Kier alpha value is -1.14. The minimum absolute atomic E-state index is 0.517. The fourth-order valence-electron chi connectivity index (χ4n) is 3.38. The first-order chi connectivity index (χ1) is 11.2. The Bertz CT molecular complexity index is 537. The van der Waals surface area contributed by atoms with E-state index in [4.69, 9.17) is 0 Å². The SMILES string of the molecule is CCc1cnc(CCNC(=NC)NC2CC(C)N(C3CC3)C2)s1. The Kier molecular flexibility index (Phi) is 5.54. The number of hydrogen-bond acceptors (Lipinski definition) is 4. The molecule has 128 valence electrons. The third-order valence-electron chi connectivity index (χ3n) is 4.78. The first-order valence-corrected chi connectivity index (χ1v) is 9.67. The summed E-state index contributed by atoms with van der Waals surface area (Å²) in [6.07, 6.45) is 8.02. The molecule has 2 aliphatic rings. The number of thiazole rings is 1. The molecule has 0 bridgehead atoms. The summed E-state index contributed by atoms with van der Waals surface area (Å²) in [5, 5.41) is 8.23. The topological polar surface area (TPSA) is 52.6 Å². The Balaban J connectivity index is 1.41. The number of nitrogens with one attached hydrogen (secondary N) is 2. The van der Waals surface area contributed by atoms with E-state index in [1.165, 1.54) is 29.1 Å². The lowest BCUT2D eigenvalue weighted by Crippen LogP contribution is -2.45. The number of guanidine groups is 1. The van der Waals surface area contributed by atoms with Gasteiger partial charge in [0, 0.05) is 55.8 Å². The standard InChI is InChI=1S/C17H29N5S/c1-4-15-10-20-16(23-15)7-8-19-17(18-3)21-13-9-12(2)22(11-13)14-5-6-14/h10,12-14H,4-9,11H2,1-3H3,(H2,18,19,21). The molecule has 1 saturated heterocycles. The molecule has 5 nitrogen and oxygen atoms in total. The van der Waals surface area contributed by atoms with Gasteiger partial charge >= 0.3 is 0 Å². The van der Waals surface area contributed by atoms with Gasteiger partial charge in [-0.3, -0.25) is 9.89 Å². The van der Waals surface area contributed by atoms with E-state index < -0.39 is 0 Å². The van der Waals surface area contributed by atoms with Crippen LogP contribution in [0, 0.1) is 0 Å². The van der Waals surface area contributed by atoms with Gasteiger partial charge in [-0.05, 0) is 32.6 Å². The number of likely N-dealkylation sites (tertiary alicyclic amines) is 1. The van der Waals surface area contributed by atoms with Gasteiger partial charge < -0.3 is 10.6 Å². The summed E-state index contributed by atoms with van der Waals surface area (Å²) in [7, 11) is 1.85. The molecule has 23 heavy (non-hydrogen) atoms. The highest BCUT2D eigenvalue weighted by molar-refractivity contribution is 7.11. The summed E-state index contributed by atoms with van der Waals surface area (Å²) in [5.74, 6) is 0.923. The number of aliphatic imine (C=N–C) groups is 1. The Morgan fingerprint density at radius 2 is 2.30 bits per heavy atom. The predicted molar refractivity (Wildman–Crippen MR) is 97.3 cm³/mol. The Morgan fingerprint density at radius 1 is 1.48 bits per heavy atom. The molecule has 0 aromatic carbocycles. The van der Waals surface area contributed by atoms with E-state index in [-0.39, 0.29) is 0 Å². The number of aryl methyl sites for hydroxylation is 1. The molecule has 1 saturated carbocycles. The Morgan fingerprint density at radius 3 is 2.96 bits per heavy atom. The van der Waals surface area contributed by atoms with Crippen LogP contribution in [0.15, 0.2) is 11.2 Å². The van der Waals surface area contributed by atoms with E-state index in [1.807, 2.05) is 24.6 Å². The van der Waals surface area contributed by atoms with Crippen molar-refractivity contribution in [2.75, 3.05) is 20.1 Å². The summed E-state index contributed by atoms with van der Waals surface area (Å²) >= 11 is 1.82. The van der Waals surface area contributed by atoms with Gasteiger partial charge in [-0.1, -0.05) is 6.92 Å². The molecule has 1 aliphatic carbocycles. The van der Waals surface area contributed by atoms with Gasteiger partial charge in [0.2, 0.25) is 0 Å². The maximum absolute atomic E-state index is 4.47. The highest BCUT2D eigenvalue weighted by Crippen LogP contribution is 2.33. The van der Waals surface area contributed by atoms with Crippen LogP contribution < -0.4 is 10.6 Å². The van der Waals surface area contributed by atoms with Gasteiger partial charge in [0.15, 0.2) is 5.96 Å². The van der Waals surface area contributed by atoms with Crippen molar-refractivity contribution >= 4 is 17.3 Å². The highest BCUT2D eigenvalue weighted by atomic mass is 32.1. The molecule has 0 spiro atoms. The fraction of sp³-hybridized carbons (Fsp3) is 0.765. The minimum Gasteiger partial charge on any atom is -0.356 e. The van der Waals surface area contributed by atoms with E-state index in [2.05, 4.69) is 39.4 Å². The monoisotopic (exact) mass is 335 g/mol. The molecule has 0 amide bonds. The van der Waals surface area contributed by atoms with Crippen molar-refractivity contribution in [1.82, 2.24) is 20.5 Å². The summed E-state index contributed by atoms with van der Waals surface area (Å²) in [5.41, 5.74) is 0. The Labute approximate surface area is 143 Å². The molecule has 1 aromatic heterocycles. The average molecular weight is 336 g/mol. The molecule has 3 rings (SSSR count). The second-order valence-corrected chi connectivity index (χ2v) is 7.88. The lowest BCUT2D eigenvalue weighted by molar-refractivity contribution is 0.256. The fourth-order valence-corrected chi connectivity index (χ4v) is 4.24. The van der Waals surface area contributed by atoms with E-state index in [0.29, 0.717) is 12.1 Å². The summed E-state index contributed by atoms with van der Waals surface area (Å²) in [6.45, 7) is 6.56. The molecule has 2 unspecified atom stereocenters. The second kappa shape index (κ2) is 7.62. The van der Waals surface area contributed by atoms with Gasteiger partial charge in [-0.2, -0.15) is 0 Å². The van der Waals surface area contributed by atoms with Crippen LogP contribution in [0.25, 0.3) is 0 Å². The smallest absolute Gasteiger partial charge is 0.191 e. The largest absolute Gasteiger partial charge is 0.356 e. The lowest BCUT2D eigenvalue weighted by atomic mass is 10.2. The normalized spacial score (nSPS) is 25.8. The van der Waals surface area contributed by atoms with E-state index in [9.17, 15) is 0 Å². The van der Waals surface area contributed by atoms with E-state index >= 15 is 0 Å². The zero-order chi connectivity index (χ0) is 16.2. The average Bonchev–Trinajstić information content (AvgIpc) is 3.18. The number of rotatable bonds is 6. The lowest BCUT2D eigenvalue weighted by Gasteiger charge is -2.20. The van der Waals surface area contributed by atoms with E-state index in [0.717, 1.165) is 37.9 Å². The molecule has 2 heterocycles. The van der Waals surface area contributed by atoms with Crippen molar-refractivity contribution in [2.24, 2.45) is 4.99 Å². The molecular formula is C17H29N5S. The van der Waals surface area contributed by atoms with Crippen molar-refractivity contribution in [3.8, 4) is 0 Å². The van der Waals surface area contributed by atoms with Crippen LogP contribution in [0.3, 0.4) is 0 Å². The maximum Gasteiger partial charge on any atom is 0.191 e. The van der Waals surface area contributed by atoms with Crippen molar-refractivity contribution in [1.29, 1.82) is 0 Å². The van der Waals surface area contributed by atoms with Crippen LogP contribution in [0.1, 0.15) is 43.0 Å². The zero-order valence-electron chi connectivity index (χ0n) is 14.5. The van der Waals surface area contributed by atoms with Gasteiger partial charge in [0.05, 0.1) is 5.01 Å². The van der Waals surface area contributed by atoms with Gasteiger partial charge in [0.1, 0.15) is 0 Å². The van der Waals surface area contributed by atoms with Crippen LogP contribution in [-0.4, -0.2) is 54.1 Å². The number of hydrogen-bond donors (Lipinski definition) is 2. The molecular weight excluding hydrogens is 306 g/mol. The van der Waals surface area contributed by atoms with Crippen LogP contribution >= 0.6 is 11.3 Å². The quantitative estimate of drug-likeness (QED) is 0.617. The van der Waals surface area contributed by atoms with Crippen molar-refractivity contribution in [2.45, 2.75) is 64.1 Å². The van der Waals surface area contributed by atoms with Crippen LogP contribution in [0.5, 0.6) is 0 Å². The van der Waals surface area contributed by atoms with Crippen molar-refractivity contribution in [3.63, 3.8) is 0 Å². The molecule has 2 fully saturated rings. The number of nitrogens with zero attached hydrogens (tertiary/aromatic N) is 3. The summed E-state index contributed by atoms with van der Waals surface area (Å²) in [6, 6.07) is 2.06. The van der Waals surface area contributed by atoms with Gasteiger partial charge in [-0.15, -0.1) is 11.3 Å². The maximum atomic E-state index is 4.47. The predicted octanol–water partition coefficient (Wildman–Crippen LogP) is 2.04.